The maximum atomic E-state index is 12.7. The van der Waals surface area contributed by atoms with Gasteiger partial charge in [0.2, 0.25) is 0 Å². The first kappa shape index (κ1) is 21.2. The molecule has 0 saturated carbocycles. The van der Waals surface area contributed by atoms with Crippen LogP contribution >= 0.6 is 0 Å². The second kappa shape index (κ2) is 10.9. The summed E-state index contributed by atoms with van der Waals surface area (Å²) in [4.78, 5) is 25.3. The Labute approximate surface area is 178 Å². The van der Waals surface area contributed by atoms with E-state index in [1.54, 1.807) is 18.2 Å². The third-order valence-electron chi connectivity index (χ3n) is 5.13. The van der Waals surface area contributed by atoms with E-state index in [0.29, 0.717) is 29.5 Å². The monoisotopic (exact) mass is 395 g/mol. The summed E-state index contributed by atoms with van der Waals surface area (Å²) in [6, 6.07) is 27.0. The molecule has 0 saturated heterocycles. The average Bonchev–Trinajstić information content (AvgIpc) is 2.80. The van der Waals surface area contributed by atoms with Crippen LogP contribution in [-0.2, 0) is 12.8 Å². The van der Waals surface area contributed by atoms with Crippen LogP contribution < -0.4 is 0 Å². The number of rotatable bonds is 10. The molecule has 3 nitrogen and oxygen atoms in total. The first-order chi connectivity index (χ1) is 14.7. The molecule has 0 amide bonds. The van der Waals surface area contributed by atoms with Crippen LogP contribution in [-0.4, -0.2) is 11.6 Å². The van der Waals surface area contributed by atoms with Gasteiger partial charge in [0, 0.05) is 24.0 Å². The smallest absolute Gasteiger partial charge is 0.162 e. The lowest BCUT2D eigenvalue weighted by molar-refractivity contribution is 0.0979. The van der Waals surface area contributed by atoms with Crippen LogP contribution in [0.25, 0.3) is 0 Å². The minimum Gasteiger partial charge on any atom is -0.294 e. The largest absolute Gasteiger partial charge is 0.294 e. The standard InChI is InChI=1S/C27H25NO2/c28-20-23-17-24(26(29)15-7-13-21-9-3-1-4-10-21)19-25(18-23)27(30)16-8-14-22-11-5-2-6-12-22/h1-6,9-12,17-19H,7-8,13-16H2. The lowest BCUT2D eigenvalue weighted by Crippen LogP contribution is -2.06. The molecule has 0 fully saturated rings. The van der Waals surface area contributed by atoms with Crippen molar-refractivity contribution in [3.8, 4) is 6.07 Å². The van der Waals surface area contributed by atoms with E-state index in [1.165, 1.54) is 11.1 Å². The van der Waals surface area contributed by atoms with Gasteiger partial charge >= 0.3 is 0 Å². The molecule has 0 unspecified atom stereocenters. The zero-order chi connectivity index (χ0) is 21.2. The summed E-state index contributed by atoms with van der Waals surface area (Å²) in [5.41, 5.74) is 3.66. The van der Waals surface area contributed by atoms with E-state index < -0.39 is 0 Å². The average molecular weight is 396 g/mol. The van der Waals surface area contributed by atoms with Gasteiger partial charge < -0.3 is 0 Å². The molecule has 0 aliphatic rings. The Kier molecular flexibility index (Phi) is 7.69. The van der Waals surface area contributed by atoms with Crippen molar-refractivity contribution in [3.63, 3.8) is 0 Å². The first-order valence-electron chi connectivity index (χ1n) is 10.3. The molecule has 0 aliphatic heterocycles. The summed E-state index contributed by atoms with van der Waals surface area (Å²) in [6.45, 7) is 0. The number of nitriles is 1. The van der Waals surface area contributed by atoms with Crippen molar-refractivity contribution in [3.05, 3.63) is 107 Å². The van der Waals surface area contributed by atoms with Crippen molar-refractivity contribution < 1.29 is 9.59 Å². The molecule has 150 valence electrons. The number of nitrogens with zero attached hydrogens (tertiary/aromatic N) is 1. The van der Waals surface area contributed by atoms with E-state index >= 15 is 0 Å². The van der Waals surface area contributed by atoms with Crippen LogP contribution in [0.2, 0.25) is 0 Å². The van der Waals surface area contributed by atoms with Crippen LogP contribution in [0.4, 0.5) is 0 Å². The summed E-state index contributed by atoms with van der Waals surface area (Å²) in [5, 5.41) is 9.33. The summed E-state index contributed by atoms with van der Waals surface area (Å²) in [7, 11) is 0. The van der Waals surface area contributed by atoms with Gasteiger partial charge in [0.15, 0.2) is 11.6 Å². The van der Waals surface area contributed by atoms with Crippen LogP contribution in [0, 0.1) is 11.3 Å². The molecular weight excluding hydrogens is 370 g/mol. The van der Waals surface area contributed by atoms with Crippen LogP contribution in [0.5, 0.6) is 0 Å². The molecule has 0 aliphatic carbocycles. The molecule has 3 aromatic rings. The predicted octanol–water partition coefficient (Wildman–Crippen LogP) is 5.97. The Morgan fingerprint density at radius 3 is 1.50 bits per heavy atom. The maximum absolute atomic E-state index is 12.7. The number of aryl methyl sites for hydroxylation is 2. The third kappa shape index (κ3) is 6.25. The quantitative estimate of drug-likeness (QED) is 0.397. The molecule has 0 heterocycles. The summed E-state index contributed by atoms with van der Waals surface area (Å²) < 4.78 is 0. The maximum Gasteiger partial charge on any atom is 0.162 e. The molecule has 3 rings (SSSR count). The number of ketones is 2. The van der Waals surface area contributed by atoms with Crippen molar-refractivity contribution in [2.24, 2.45) is 0 Å². The predicted molar refractivity (Wildman–Crippen MR) is 119 cm³/mol. The highest BCUT2D eigenvalue weighted by molar-refractivity contribution is 6.01. The second-order valence-corrected chi connectivity index (χ2v) is 7.44. The molecule has 0 spiro atoms. The molecule has 0 bridgehead atoms. The van der Waals surface area contributed by atoms with Gasteiger partial charge in [-0.1, -0.05) is 60.7 Å². The summed E-state index contributed by atoms with van der Waals surface area (Å²) >= 11 is 0. The van der Waals surface area contributed by atoms with Crippen LogP contribution in [0.3, 0.4) is 0 Å². The molecule has 3 aromatic carbocycles. The molecule has 30 heavy (non-hydrogen) atoms. The Hall–Kier alpha value is -3.51. The zero-order valence-corrected chi connectivity index (χ0v) is 17.0. The molecule has 0 N–H and O–H groups in total. The number of benzene rings is 3. The minimum atomic E-state index is -0.0265. The van der Waals surface area contributed by atoms with Gasteiger partial charge in [0.05, 0.1) is 11.6 Å². The van der Waals surface area contributed by atoms with Gasteiger partial charge in [-0.3, -0.25) is 9.59 Å². The van der Waals surface area contributed by atoms with E-state index in [0.717, 1.165) is 25.7 Å². The first-order valence-corrected chi connectivity index (χ1v) is 10.3. The van der Waals surface area contributed by atoms with E-state index in [1.807, 2.05) is 60.7 Å². The minimum absolute atomic E-state index is 0.0265. The Morgan fingerprint density at radius 2 is 1.10 bits per heavy atom. The number of hydrogen-bond donors (Lipinski definition) is 0. The molecule has 3 heteroatoms. The Balaban J connectivity index is 1.60. The van der Waals surface area contributed by atoms with Crippen molar-refractivity contribution in [1.82, 2.24) is 0 Å². The van der Waals surface area contributed by atoms with E-state index in [2.05, 4.69) is 6.07 Å². The Bertz CT molecular complexity index is 958. The Morgan fingerprint density at radius 1 is 0.667 bits per heavy atom. The van der Waals surface area contributed by atoms with Gasteiger partial charge in [0.25, 0.3) is 0 Å². The van der Waals surface area contributed by atoms with Crippen molar-refractivity contribution in [2.45, 2.75) is 38.5 Å². The summed E-state index contributed by atoms with van der Waals surface area (Å²) in [6.07, 6.45) is 3.92. The zero-order valence-electron chi connectivity index (χ0n) is 17.0. The van der Waals surface area contributed by atoms with Crippen LogP contribution in [0.1, 0.15) is 63.1 Å². The van der Waals surface area contributed by atoms with Crippen LogP contribution in [0.15, 0.2) is 78.9 Å². The fraction of sp³-hybridized carbons (Fsp3) is 0.222. The molecule has 0 aromatic heterocycles. The lowest BCUT2D eigenvalue weighted by atomic mass is 9.96. The molecular formula is C27H25NO2. The molecule has 0 atom stereocenters. The third-order valence-corrected chi connectivity index (χ3v) is 5.13. The number of Topliss-reactive ketones (excluding diaryl/α,β-unsaturated/α-hetero) is 2. The number of carbonyl (C=O) groups is 2. The van der Waals surface area contributed by atoms with E-state index in [-0.39, 0.29) is 11.6 Å². The second-order valence-electron chi connectivity index (χ2n) is 7.44. The van der Waals surface area contributed by atoms with Gasteiger partial charge in [-0.15, -0.1) is 0 Å². The highest BCUT2D eigenvalue weighted by Crippen LogP contribution is 2.17. The highest BCUT2D eigenvalue weighted by atomic mass is 16.1. The summed E-state index contributed by atoms with van der Waals surface area (Å²) in [5.74, 6) is -0.0530. The van der Waals surface area contributed by atoms with Crippen molar-refractivity contribution in [2.75, 3.05) is 0 Å². The van der Waals surface area contributed by atoms with Gasteiger partial charge in [-0.05, 0) is 55.0 Å². The number of hydrogen-bond acceptors (Lipinski definition) is 3. The van der Waals surface area contributed by atoms with E-state index in [4.69, 9.17) is 0 Å². The van der Waals surface area contributed by atoms with Crippen molar-refractivity contribution >= 4 is 11.6 Å². The fourth-order valence-corrected chi connectivity index (χ4v) is 3.50. The van der Waals surface area contributed by atoms with Gasteiger partial charge in [0.1, 0.15) is 0 Å². The molecule has 0 radical (unpaired) electrons. The van der Waals surface area contributed by atoms with E-state index in [9.17, 15) is 14.9 Å². The van der Waals surface area contributed by atoms with Gasteiger partial charge in [-0.25, -0.2) is 0 Å². The lowest BCUT2D eigenvalue weighted by Gasteiger charge is -2.07. The number of carbonyl (C=O) groups excluding carboxylic acids is 2. The van der Waals surface area contributed by atoms with Gasteiger partial charge in [-0.2, -0.15) is 5.26 Å². The normalized spacial score (nSPS) is 10.4. The van der Waals surface area contributed by atoms with Crippen molar-refractivity contribution in [1.29, 1.82) is 5.26 Å². The fourth-order valence-electron chi connectivity index (χ4n) is 3.50. The topological polar surface area (TPSA) is 57.9 Å². The SMILES string of the molecule is N#Cc1cc(C(=O)CCCc2ccccc2)cc(C(=O)CCCc2ccccc2)c1. The highest BCUT2D eigenvalue weighted by Gasteiger charge is 2.13.